The van der Waals surface area contributed by atoms with Crippen LogP contribution >= 0.6 is 0 Å². The zero-order valence-electron chi connectivity index (χ0n) is 6.16. The number of carbonyl (C=O) groups is 1. The Morgan fingerprint density at radius 3 is 2.50 bits per heavy atom. The summed E-state index contributed by atoms with van der Waals surface area (Å²) in [6.45, 7) is 3.35. The average Bonchev–Trinajstić information content (AvgIpc) is 1.87. The van der Waals surface area contributed by atoms with Crippen LogP contribution in [0, 0.1) is 0 Å². The quantitative estimate of drug-likeness (QED) is 0.662. The molecule has 0 saturated carbocycles. The standard InChI is InChI=1S/C6H12O3S/c1-3-4-10(9)5(2)6(7)8/h5H,3-4H2,1-2H3,(H,7,8). The van der Waals surface area contributed by atoms with Crippen LogP contribution in [0.5, 0.6) is 0 Å². The van der Waals surface area contributed by atoms with Gasteiger partial charge in [-0.15, -0.1) is 0 Å². The van der Waals surface area contributed by atoms with Gasteiger partial charge in [-0.3, -0.25) is 9.00 Å². The van der Waals surface area contributed by atoms with Crippen molar-refractivity contribution in [2.75, 3.05) is 5.75 Å². The van der Waals surface area contributed by atoms with E-state index in [0.29, 0.717) is 5.75 Å². The highest BCUT2D eigenvalue weighted by molar-refractivity contribution is 7.86. The Labute approximate surface area is 62.9 Å². The highest BCUT2D eigenvalue weighted by atomic mass is 32.2. The molecule has 1 N–H and O–H groups in total. The van der Waals surface area contributed by atoms with Gasteiger partial charge in [0.05, 0.1) is 0 Å². The zero-order valence-corrected chi connectivity index (χ0v) is 6.98. The molecule has 0 aliphatic rings. The molecule has 0 aliphatic heterocycles. The second-order valence-corrected chi connectivity index (χ2v) is 3.94. The van der Waals surface area contributed by atoms with Crippen LogP contribution in [0.2, 0.25) is 0 Å². The first-order valence-corrected chi connectivity index (χ1v) is 4.57. The maximum atomic E-state index is 10.9. The van der Waals surface area contributed by atoms with Crippen molar-refractivity contribution in [3.05, 3.63) is 0 Å². The van der Waals surface area contributed by atoms with Crippen LogP contribution in [-0.4, -0.2) is 26.3 Å². The van der Waals surface area contributed by atoms with E-state index in [1.54, 1.807) is 0 Å². The van der Waals surface area contributed by atoms with Gasteiger partial charge in [0, 0.05) is 16.6 Å². The molecule has 4 heteroatoms. The number of hydrogen-bond donors (Lipinski definition) is 1. The van der Waals surface area contributed by atoms with Gasteiger partial charge in [-0.25, -0.2) is 0 Å². The van der Waals surface area contributed by atoms with E-state index in [1.807, 2.05) is 6.92 Å². The minimum Gasteiger partial charge on any atom is -0.480 e. The SMILES string of the molecule is CCCS(=O)C(C)C(=O)O. The molecular weight excluding hydrogens is 152 g/mol. The lowest BCUT2D eigenvalue weighted by Gasteiger charge is -2.03. The zero-order chi connectivity index (χ0) is 8.15. The number of rotatable bonds is 4. The highest BCUT2D eigenvalue weighted by Crippen LogP contribution is 1.97. The largest absolute Gasteiger partial charge is 0.480 e. The van der Waals surface area contributed by atoms with Crippen LogP contribution in [-0.2, 0) is 15.6 Å². The summed E-state index contributed by atoms with van der Waals surface area (Å²) in [5.41, 5.74) is 0. The van der Waals surface area contributed by atoms with Crippen LogP contribution in [0.15, 0.2) is 0 Å². The Hall–Kier alpha value is -0.380. The monoisotopic (exact) mass is 164 g/mol. The van der Waals surface area contributed by atoms with Gasteiger partial charge in [0.1, 0.15) is 5.25 Å². The van der Waals surface area contributed by atoms with E-state index in [9.17, 15) is 9.00 Å². The third-order valence-electron chi connectivity index (χ3n) is 1.15. The van der Waals surface area contributed by atoms with Crippen LogP contribution in [0.25, 0.3) is 0 Å². The Balaban J connectivity index is 3.82. The Kier molecular flexibility index (Phi) is 4.27. The molecule has 2 unspecified atom stereocenters. The molecule has 0 rings (SSSR count). The van der Waals surface area contributed by atoms with Gasteiger partial charge in [-0.2, -0.15) is 0 Å². The van der Waals surface area contributed by atoms with Crippen LogP contribution in [0.4, 0.5) is 0 Å². The normalized spacial score (nSPS) is 16.2. The molecule has 0 spiro atoms. The highest BCUT2D eigenvalue weighted by Gasteiger charge is 2.16. The molecule has 0 aromatic carbocycles. The first kappa shape index (κ1) is 9.62. The lowest BCUT2D eigenvalue weighted by Crippen LogP contribution is -2.23. The number of hydrogen-bond acceptors (Lipinski definition) is 2. The first-order chi connectivity index (χ1) is 4.59. The van der Waals surface area contributed by atoms with Crippen molar-refractivity contribution in [3.63, 3.8) is 0 Å². The molecule has 0 heterocycles. The van der Waals surface area contributed by atoms with E-state index in [2.05, 4.69) is 0 Å². The van der Waals surface area contributed by atoms with Crippen molar-refractivity contribution in [3.8, 4) is 0 Å². The Morgan fingerprint density at radius 1 is 1.70 bits per heavy atom. The minimum atomic E-state index is -1.19. The fourth-order valence-corrected chi connectivity index (χ4v) is 1.47. The Bertz CT molecular complexity index is 144. The number of carboxylic acid groups (broad SMARTS) is 1. The molecule has 0 saturated heterocycles. The first-order valence-electron chi connectivity index (χ1n) is 3.19. The molecule has 0 amide bonds. The van der Waals surface area contributed by atoms with Crippen molar-refractivity contribution < 1.29 is 14.1 Å². The van der Waals surface area contributed by atoms with Gasteiger partial charge < -0.3 is 5.11 Å². The molecule has 3 nitrogen and oxygen atoms in total. The number of carboxylic acids is 1. The number of aliphatic carboxylic acids is 1. The van der Waals surface area contributed by atoms with E-state index in [-0.39, 0.29) is 0 Å². The van der Waals surface area contributed by atoms with Gasteiger partial charge in [0.15, 0.2) is 0 Å². The smallest absolute Gasteiger partial charge is 0.318 e. The van der Waals surface area contributed by atoms with Crippen LogP contribution in [0.3, 0.4) is 0 Å². The van der Waals surface area contributed by atoms with E-state index in [1.165, 1.54) is 6.92 Å². The maximum absolute atomic E-state index is 10.9. The van der Waals surface area contributed by atoms with Crippen LogP contribution in [0.1, 0.15) is 20.3 Å². The predicted molar refractivity (Wildman–Crippen MR) is 40.4 cm³/mol. The molecule has 0 bridgehead atoms. The van der Waals surface area contributed by atoms with E-state index in [0.717, 1.165) is 6.42 Å². The van der Waals surface area contributed by atoms with E-state index < -0.39 is 22.0 Å². The summed E-state index contributed by atoms with van der Waals surface area (Å²) in [6.07, 6.45) is 0.768. The van der Waals surface area contributed by atoms with Crippen molar-refractivity contribution in [2.24, 2.45) is 0 Å². The summed E-state index contributed by atoms with van der Waals surface area (Å²) in [5.74, 6) is -0.500. The summed E-state index contributed by atoms with van der Waals surface area (Å²) < 4.78 is 10.9. The third kappa shape index (κ3) is 2.96. The molecule has 10 heavy (non-hydrogen) atoms. The molecule has 2 atom stereocenters. The molecule has 60 valence electrons. The van der Waals surface area contributed by atoms with Crippen molar-refractivity contribution in [1.29, 1.82) is 0 Å². The van der Waals surface area contributed by atoms with Gasteiger partial charge in [0.2, 0.25) is 0 Å². The average molecular weight is 164 g/mol. The second kappa shape index (κ2) is 4.44. The van der Waals surface area contributed by atoms with Crippen molar-refractivity contribution in [2.45, 2.75) is 25.5 Å². The van der Waals surface area contributed by atoms with Gasteiger partial charge in [-0.05, 0) is 13.3 Å². The summed E-state index contributed by atoms with van der Waals surface area (Å²) in [7, 11) is -1.19. The van der Waals surface area contributed by atoms with Crippen LogP contribution < -0.4 is 0 Å². The third-order valence-corrected chi connectivity index (χ3v) is 2.95. The van der Waals surface area contributed by atoms with Crippen molar-refractivity contribution >= 4 is 16.8 Å². The topological polar surface area (TPSA) is 54.4 Å². The van der Waals surface area contributed by atoms with E-state index in [4.69, 9.17) is 5.11 Å². The molecule has 0 aliphatic carbocycles. The fraction of sp³-hybridized carbons (Fsp3) is 0.833. The predicted octanol–water partition coefficient (Wildman–Crippen LogP) is 0.618. The lowest BCUT2D eigenvalue weighted by molar-refractivity contribution is -0.136. The van der Waals surface area contributed by atoms with Crippen molar-refractivity contribution in [1.82, 2.24) is 0 Å². The molecular formula is C6H12O3S. The minimum absolute atomic E-state index is 0.480. The van der Waals surface area contributed by atoms with Gasteiger partial charge >= 0.3 is 5.97 Å². The summed E-state index contributed by atoms with van der Waals surface area (Å²) in [4.78, 5) is 10.2. The molecule has 0 aromatic rings. The lowest BCUT2D eigenvalue weighted by atomic mass is 10.5. The molecule has 0 fully saturated rings. The molecule has 0 aromatic heterocycles. The van der Waals surface area contributed by atoms with E-state index >= 15 is 0 Å². The molecule has 0 radical (unpaired) electrons. The summed E-state index contributed by atoms with van der Waals surface area (Å²) in [6, 6.07) is 0. The fourth-order valence-electron chi connectivity index (χ4n) is 0.490. The maximum Gasteiger partial charge on any atom is 0.318 e. The summed E-state index contributed by atoms with van der Waals surface area (Å²) >= 11 is 0. The van der Waals surface area contributed by atoms with Gasteiger partial charge in [0.25, 0.3) is 0 Å². The second-order valence-electron chi connectivity index (χ2n) is 2.07. The Morgan fingerprint density at radius 2 is 2.20 bits per heavy atom. The van der Waals surface area contributed by atoms with Gasteiger partial charge in [-0.1, -0.05) is 6.92 Å². The summed E-state index contributed by atoms with van der Waals surface area (Å²) in [5, 5.41) is 7.66.